The number of hydrazone groups is 1. The molecule has 3 rings (SSSR count). The van der Waals surface area contributed by atoms with Gasteiger partial charge in [0, 0.05) is 21.2 Å². The van der Waals surface area contributed by atoms with Crippen molar-refractivity contribution in [3.8, 4) is 5.75 Å². The van der Waals surface area contributed by atoms with Gasteiger partial charge in [-0.2, -0.15) is 5.10 Å². The molecule has 4 nitrogen and oxygen atoms in total. The maximum absolute atomic E-state index is 12.2. The Kier molecular flexibility index (Phi) is 7.50. The zero-order valence-electron chi connectivity index (χ0n) is 16.8. The molecule has 0 saturated carbocycles. The van der Waals surface area contributed by atoms with Crippen LogP contribution in [-0.4, -0.2) is 12.1 Å². The molecule has 6 heteroatoms. The Hall–Kier alpha value is -2.82. The number of carbonyl (C=O) groups excluding carboxylic acids is 1. The molecule has 0 fully saturated rings. The van der Waals surface area contributed by atoms with E-state index in [0.29, 0.717) is 22.4 Å². The Morgan fingerprint density at radius 2 is 1.80 bits per heavy atom. The molecule has 1 N–H and O–H groups in total. The molecule has 0 unspecified atom stereocenters. The Labute approximate surface area is 186 Å². The normalized spacial score (nSPS) is 10.9. The highest BCUT2D eigenvalue weighted by atomic mass is 35.5. The number of hydrogen-bond donors (Lipinski definition) is 1. The van der Waals surface area contributed by atoms with Crippen LogP contribution in [0.25, 0.3) is 0 Å². The van der Waals surface area contributed by atoms with Gasteiger partial charge in [0.05, 0.1) is 12.6 Å². The third kappa shape index (κ3) is 6.09. The number of rotatable bonds is 7. The zero-order chi connectivity index (χ0) is 21.5. The Morgan fingerprint density at radius 1 is 1.03 bits per heavy atom. The van der Waals surface area contributed by atoms with Crippen molar-refractivity contribution in [1.82, 2.24) is 5.43 Å². The first kappa shape index (κ1) is 21.9. The molecular formula is C24H22Cl2N2O2. The van der Waals surface area contributed by atoms with Crippen LogP contribution >= 0.6 is 23.2 Å². The van der Waals surface area contributed by atoms with E-state index in [4.69, 9.17) is 27.9 Å². The van der Waals surface area contributed by atoms with Crippen LogP contribution in [0.4, 0.5) is 0 Å². The van der Waals surface area contributed by atoms with Crippen LogP contribution in [0, 0.1) is 13.8 Å². The summed E-state index contributed by atoms with van der Waals surface area (Å²) in [5, 5.41) is 5.21. The molecule has 0 bridgehead atoms. The molecule has 154 valence electrons. The Bertz CT molecular complexity index is 1080. The van der Waals surface area contributed by atoms with E-state index < -0.39 is 0 Å². The number of hydrogen-bond acceptors (Lipinski definition) is 3. The summed E-state index contributed by atoms with van der Waals surface area (Å²) in [6, 6.07) is 18.8. The number of nitrogens with one attached hydrogen (secondary N) is 1. The number of benzene rings is 3. The van der Waals surface area contributed by atoms with Crippen LogP contribution in [0.3, 0.4) is 0 Å². The maximum atomic E-state index is 12.2. The zero-order valence-corrected chi connectivity index (χ0v) is 18.3. The lowest BCUT2D eigenvalue weighted by Gasteiger charge is -2.10. The predicted molar refractivity (Wildman–Crippen MR) is 123 cm³/mol. The monoisotopic (exact) mass is 440 g/mol. The van der Waals surface area contributed by atoms with Crippen LogP contribution in [-0.2, 0) is 17.8 Å². The number of ether oxygens (including phenoxy) is 1. The molecule has 1 amide bonds. The number of aryl methyl sites for hydroxylation is 2. The quantitative estimate of drug-likeness (QED) is 0.368. The van der Waals surface area contributed by atoms with Crippen LogP contribution in [0.5, 0.6) is 5.75 Å². The van der Waals surface area contributed by atoms with Crippen LogP contribution < -0.4 is 10.2 Å². The highest BCUT2D eigenvalue weighted by molar-refractivity contribution is 6.35. The molecule has 0 saturated heterocycles. The number of carbonyl (C=O) groups is 1. The smallest absolute Gasteiger partial charge is 0.244 e. The van der Waals surface area contributed by atoms with Crippen molar-refractivity contribution in [2.45, 2.75) is 26.9 Å². The van der Waals surface area contributed by atoms with Gasteiger partial charge in [0.2, 0.25) is 5.91 Å². The van der Waals surface area contributed by atoms with Gasteiger partial charge in [-0.1, -0.05) is 65.2 Å². The van der Waals surface area contributed by atoms with Crippen molar-refractivity contribution >= 4 is 35.3 Å². The molecule has 0 aromatic heterocycles. The van der Waals surface area contributed by atoms with Crippen molar-refractivity contribution in [3.63, 3.8) is 0 Å². The first-order valence-corrected chi connectivity index (χ1v) is 10.2. The van der Waals surface area contributed by atoms with E-state index in [0.717, 1.165) is 22.3 Å². The fraction of sp³-hybridized carbons (Fsp3) is 0.167. The van der Waals surface area contributed by atoms with Gasteiger partial charge in [-0.25, -0.2) is 5.43 Å². The molecule has 3 aromatic rings. The lowest BCUT2D eigenvalue weighted by atomic mass is 10.0. The van der Waals surface area contributed by atoms with E-state index in [2.05, 4.69) is 16.6 Å². The minimum atomic E-state index is -0.176. The van der Waals surface area contributed by atoms with Gasteiger partial charge in [-0.05, 0) is 49.2 Å². The minimum absolute atomic E-state index is 0.176. The number of nitrogens with zero attached hydrogens (tertiary/aromatic N) is 1. The van der Waals surface area contributed by atoms with Crippen molar-refractivity contribution in [1.29, 1.82) is 0 Å². The Balaban J connectivity index is 1.61. The van der Waals surface area contributed by atoms with E-state index in [1.165, 1.54) is 5.56 Å². The van der Waals surface area contributed by atoms with Gasteiger partial charge in [-0.3, -0.25) is 4.79 Å². The summed E-state index contributed by atoms with van der Waals surface area (Å²) in [7, 11) is 0. The summed E-state index contributed by atoms with van der Waals surface area (Å²) in [4.78, 5) is 12.2. The molecule has 0 radical (unpaired) electrons. The molecule has 0 aliphatic carbocycles. The van der Waals surface area contributed by atoms with E-state index in [-0.39, 0.29) is 12.3 Å². The fourth-order valence-corrected chi connectivity index (χ4v) is 3.41. The van der Waals surface area contributed by atoms with Gasteiger partial charge in [0.1, 0.15) is 12.4 Å². The summed E-state index contributed by atoms with van der Waals surface area (Å²) in [5.41, 5.74) is 7.40. The van der Waals surface area contributed by atoms with Gasteiger partial charge < -0.3 is 4.74 Å². The first-order valence-electron chi connectivity index (χ1n) is 9.46. The number of halogens is 2. The van der Waals surface area contributed by atoms with Crippen molar-refractivity contribution in [3.05, 3.63) is 98.5 Å². The summed E-state index contributed by atoms with van der Waals surface area (Å²) in [6.45, 7) is 4.32. The molecule has 0 heterocycles. The Morgan fingerprint density at radius 3 is 2.57 bits per heavy atom. The average Bonchev–Trinajstić information content (AvgIpc) is 2.70. The molecule has 0 spiro atoms. The number of amides is 1. The highest BCUT2D eigenvalue weighted by Gasteiger charge is 2.07. The third-order valence-corrected chi connectivity index (χ3v) is 5.15. The standard InChI is InChI=1S/C24H22Cl2N2O2/c1-16-7-8-18(17(2)11-16)12-24(29)28-27-14-19-5-3-4-6-23(19)30-15-20-9-10-21(25)13-22(20)26/h3-11,13-14H,12,15H2,1-2H3,(H,28,29)/b27-14-. The summed E-state index contributed by atoms with van der Waals surface area (Å²) >= 11 is 12.1. The third-order valence-electron chi connectivity index (χ3n) is 4.56. The first-order chi connectivity index (χ1) is 14.4. The maximum Gasteiger partial charge on any atom is 0.244 e. The van der Waals surface area contributed by atoms with Crippen LogP contribution in [0.1, 0.15) is 27.8 Å². The average molecular weight is 441 g/mol. The minimum Gasteiger partial charge on any atom is -0.488 e. The van der Waals surface area contributed by atoms with Crippen LogP contribution in [0.15, 0.2) is 65.8 Å². The van der Waals surface area contributed by atoms with Crippen LogP contribution in [0.2, 0.25) is 10.0 Å². The summed E-state index contributed by atoms with van der Waals surface area (Å²) < 4.78 is 5.89. The molecule has 30 heavy (non-hydrogen) atoms. The molecule has 0 atom stereocenters. The van der Waals surface area contributed by atoms with Gasteiger partial charge in [0.25, 0.3) is 0 Å². The predicted octanol–water partition coefficient (Wildman–Crippen LogP) is 5.88. The molecule has 0 aliphatic rings. The number of para-hydroxylation sites is 1. The summed E-state index contributed by atoms with van der Waals surface area (Å²) in [6.07, 6.45) is 1.84. The van der Waals surface area contributed by atoms with Gasteiger partial charge in [-0.15, -0.1) is 0 Å². The second-order valence-corrected chi connectivity index (χ2v) is 7.81. The molecule has 0 aliphatic heterocycles. The van der Waals surface area contributed by atoms with Gasteiger partial charge >= 0.3 is 0 Å². The van der Waals surface area contributed by atoms with Crippen molar-refractivity contribution < 1.29 is 9.53 Å². The summed E-state index contributed by atoms with van der Waals surface area (Å²) in [5.74, 6) is 0.459. The lowest BCUT2D eigenvalue weighted by molar-refractivity contribution is -0.120. The molecular weight excluding hydrogens is 419 g/mol. The largest absolute Gasteiger partial charge is 0.488 e. The SMILES string of the molecule is Cc1ccc(CC(=O)N/N=C\c2ccccc2OCc2ccc(Cl)cc2Cl)c(C)c1. The second kappa shape index (κ2) is 10.3. The van der Waals surface area contributed by atoms with E-state index in [9.17, 15) is 4.79 Å². The second-order valence-electron chi connectivity index (χ2n) is 6.96. The van der Waals surface area contributed by atoms with E-state index in [1.54, 1.807) is 18.3 Å². The highest BCUT2D eigenvalue weighted by Crippen LogP contribution is 2.24. The van der Waals surface area contributed by atoms with E-state index in [1.807, 2.05) is 56.3 Å². The van der Waals surface area contributed by atoms with E-state index >= 15 is 0 Å². The van der Waals surface area contributed by atoms with Gasteiger partial charge in [0.15, 0.2) is 0 Å². The topological polar surface area (TPSA) is 50.7 Å². The lowest BCUT2D eigenvalue weighted by Crippen LogP contribution is -2.20. The van der Waals surface area contributed by atoms with Crippen molar-refractivity contribution in [2.24, 2.45) is 5.10 Å². The van der Waals surface area contributed by atoms with Crippen molar-refractivity contribution in [2.75, 3.05) is 0 Å². The fourth-order valence-electron chi connectivity index (χ4n) is 2.94. The molecule has 3 aromatic carbocycles.